The summed E-state index contributed by atoms with van der Waals surface area (Å²) in [5, 5.41) is 1.24. The Bertz CT molecular complexity index is 1050. The fraction of sp³-hybridized carbons (Fsp3) is 0.125. The topological polar surface area (TPSA) is 79.9 Å². The second-order valence-corrected chi connectivity index (χ2v) is 8.82. The van der Waals surface area contributed by atoms with Crippen LogP contribution in [0, 0.1) is 0 Å². The summed E-state index contributed by atoms with van der Waals surface area (Å²) in [6.07, 6.45) is 4.26. The minimum Gasteiger partial charge on any atom is -0.352 e. The van der Waals surface area contributed by atoms with E-state index in [9.17, 15) is 13.2 Å². The van der Waals surface area contributed by atoms with Crippen molar-refractivity contribution in [2.45, 2.75) is 0 Å². The molecule has 0 aliphatic heterocycles. The molecule has 5 nitrogen and oxygen atoms in total. The van der Waals surface area contributed by atoms with Gasteiger partial charge in [0, 0.05) is 39.6 Å². The lowest BCUT2D eigenvalue weighted by atomic mass is 10.0. The number of nitrogens with zero attached hydrogens (tertiary/aromatic N) is 1. The molecule has 0 saturated carbocycles. The first kappa shape index (κ1) is 17.1. The summed E-state index contributed by atoms with van der Waals surface area (Å²) in [7, 11) is -3.44. The summed E-state index contributed by atoms with van der Waals surface area (Å²) in [5.41, 5.74) is 2.31. The fourth-order valence-electron chi connectivity index (χ4n) is 2.53. The van der Waals surface area contributed by atoms with Gasteiger partial charge in [-0.25, -0.2) is 8.42 Å². The predicted molar refractivity (Wildman–Crippen MR) is 98.3 cm³/mol. The van der Waals surface area contributed by atoms with Gasteiger partial charge >= 0.3 is 0 Å². The summed E-state index contributed by atoms with van der Waals surface area (Å²) < 4.78 is 23.7. The third-order valence-electron chi connectivity index (χ3n) is 3.48. The van der Waals surface area contributed by atoms with E-state index in [0.717, 1.165) is 17.2 Å². The number of sulfone groups is 1. The second-order valence-electron chi connectivity index (χ2n) is 5.42. The number of carbonyl (C=O) groups is 1. The van der Waals surface area contributed by atoms with Crippen molar-refractivity contribution in [1.29, 1.82) is 0 Å². The van der Waals surface area contributed by atoms with E-state index in [0.29, 0.717) is 20.6 Å². The first-order valence-corrected chi connectivity index (χ1v) is 10.1. The van der Waals surface area contributed by atoms with Crippen molar-refractivity contribution in [3.63, 3.8) is 0 Å². The highest BCUT2D eigenvalue weighted by Gasteiger charge is 2.22. The maximum absolute atomic E-state index is 12.5. The van der Waals surface area contributed by atoms with Gasteiger partial charge in [0.05, 0.1) is 10.7 Å². The quantitative estimate of drug-likeness (QED) is 0.641. The predicted octanol–water partition coefficient (Wildman–Crippen LogP) is 3.87. The van der Waals surface area contributed by atoms with Crippen molar-refractivity contribution in [3.05, 3.63) is 51.8 Å². The Hall–Kier alpha value is -1.70. The van der Waals surface area contributed by atoms with Crippen LogP contribution in [0.1, 0.15) is 10.5 Å². The monoisotopic (exact) mass is 426 g/mol. The zero-order chi connectivity index (χ0) is 17.5. The number of fused-ring (bicyclic) bond motifs is 1. The van der Waals surface area contributed by atoms with Crippen LogP contribution in [0.15, 0.2) is 41.1 Å². The third kappa shape index (κ3) is 3.38. The smallest absolute Gasteiger partial charge is 0.194 e. The third-order valence-corrected chi connectivity index (χ3v) is 5.46. The highest BCUT2D eigenvalue weighted by molar-refractivity contribution is 9.10. The summed E-state index contributed by atoms with van der Waals surface area (Å²) in [4.78, 5) is 19.5. The second kappa shape index (κ2) is 6.31. The molecule has 0 bridgehead atoms. The van der Waals surface area contributed by atoms with E-state index in [2.05, 4.69) is 25.9 Å². The van der Waals surface area contributed by atoms with Crippen molar-refractivity contribution < 1.29 is 13.2 Å². The molecule has 8 heteroatoms. The highest BCUT2D eigenvalue weighted by atomic mass is 79.9. The van der Waals surface area contributed by atoms with Crippen molar-refractivity contribution >= 4 is 54.1 Å². The average molecular weight is 428 g/mol. The Morgan fingerprint density at radius 1 is 1.29 bits per heavy atom. The fourth-order valence-corrected chi connectivity index (χ4v) is 3.65. The minimum atomic E-state index is -3.44. The number of nitrogens with one attached hydrogen (secondary N) is 1. The van der Waals surface area contributed by atoms with E-state index < -0.39 is 21.4 Å². The minimum absolute atomic E-state index is 0.246. The van der Waals surface area contributed by atoms with E-state index in [-0.39, 0.29) is 5.69 Å². The number of ketones is 1. The molecule has 0 amide bonds. The normalized spacial score (nSPS) is 11.8. The summed E-state index contributed by atoms with van der Waals surface area (Å²) in [6, 6.07) is 7.02. The molecular formula is C16H12BrClN2O3S. The molecule has 0 aliphatic carbocycles. The molecule has 3 rings (SSSR count). The summed E-state index contributed by atoms with van der Waals surface area (Å²) >= 11 is 9.54. The molecule has 0 spiro atoms. The van der Waals surface area contributed by atoms with Gasteiger partial charge in [-0.15, -0.1) is 0 Å². The molecule has 24 heavy (non-hydrogen) atoms. The molecule has 1 aromatic carbocycles. The molecule has 1 N–H and O–H groups in total. The number of Topliss-reactive ketones (excluding diaryl/α,β-unsaturated/α-hetero) is 1. The lowest BCUT2D eigenvalue weighted by Crippen LogP contribution is -2.15. The van der Waals surface area contributed by atoms with Crippen LogP contribution in [0.5, 0.6) is 0 Å². The molecule has 124 valence electrons. The maximum atomic E-state index is 12.5. The number of halogens is 2. The molecule has 0 unspecified atom stereocenters. The number of hydrogen-bond acceptors (Lipinski definition) is 4. The standard InChI is InChI=1S/C16H12BrClN2O3S/c1-24(22,23)8-14(21)16-15(9-2-4-19-5-3-9)10-6-12(18)11(17)7-13(10)20-16/h2-7,20H,8H2,1H3. The van der Waals surface area contributed by atoms with Crippen LogP contribution in [0.3, 0.4) is 0 Å². The van der Waals surface area contributed by atoms with Crippen LogP contribution in [0.25, 0.3) is 22.0 Å². The van der Waals surface area contributed by atoms with Crippen LogP contribution < -0.4 is 0 Å². The molecule has 2 heterocycles. The van der Waals surface area contributed by atoms with Crippen LogP contribution in [-0.4, -0.2) is 36.2 Å². The van der Waals surface area contributed by atoms with Crippen LogP contribution in [0.2, 0.25) is 5.02 Å². The number of benzene rings is 1. The highest BCUT2D eigenvalue weighted by Crippen LogP contribution is 2.37. The zero-order valence-electron chi connectivity index (χ0n) is 12.5. The Morgan fingerprint density at radius 3 is 2.58 bits per heavy atom. The Morgan fingerprint density at radius 2 is 1.96 bits per heavy atom. The van der Waals surface area contributed by atoms with E-state index >= 15 is 0 Å². The largest absolute Gasteiger partial charge is 0.352 e. The van der Waals surface area contributed by atoms with Crippen LogP contribution in [0.4, 0.5) is 0 Å². The molecule has 0 fully saturated rings. The Labute approximate surface area is 152 Å². The molecule has 0 atom stereocenters. The van der Waals surface area contributed by atoms with Crippen LogP contribution in [-0.2, 0) is 9.84 Å². The first-order chi connectivity index (χ1) is 11.3. The molecule has 0 radical (unpaired) electrons. The van der Waals surface area contributed by atoms with Crippen molar-refractivity contribution in [2.24, 2.45) is 0 Å². The number of rotatable bonds is 4. The zero-order valence-corrected chi connectivity index (χ0v) is 15.7. The molecule has 0 aliphatic rings. The van der Waals surface area contributed by atoms with Gasteiger partial charge in [-0.3, -0.25) is 9.78 Å². The van der Waals surface area contributed by atoms with Gasteiger partial charge in [-0.2, -0.15) is 0 Å². The van der Waals surface area contributed by atoms with Gasteiger partial charge in [0.2, 0.25) is 0 Å². The lowest BCUT2D eigenvalue weighted by molar-refractivity contribution is 0.101. The molecule has 0 saturated heterocycles. The number of H-pyrrole nitrogens is 1. The van der Waals surface area contributed by atoms with Crippen molar-refractivity contribution in [2.75, 3.05) is 12.0 Å². The van der Waals surface area contributed by atoms with Gasteiger partial charge in [-0.05, 0) is 45.8 Å². The average Bonchev–Trinajstić information content (AvgIpc) is 2.85. The van der Waals surface area contributed by atoms with Crippen molar-refractivity contribution in [3.8, 4) is 11.1 Å². The SMILES string of the molecule is CS(=O)(=O)CC(=O)c1[nH]c2cc(Br)c(Cl)cc2c1-c1ccncc1. The first-order valence-electron chi connectivity index (χ1n) is 6.88. The Kier molecular flexibility index (Phi) is 4.50. The van der Waals surface area contributed by atoms with E-state index in [1.54, 1.807) is 36.7 Å². The van der Waals surface area contributed by atoms with E-state index in [4.69, 9.17) is 11.6 Å². The number of aromatic amines is 1. The molecular weight excluding hydrogens is 416 g/mol. The number of aromatic nitrogens is 2. The molecule has 3 aromatic rings. The van der Waals surface area contributed by atoms with Crippen LogP contribution >= 0.6 is 27.5 Å². The number of hydrogen-bond donors (Lipinski definition) is 1. The lowest BCUT2D eigenvalue weighted by Gasteiger charge is -2.04. The Balaban J connectivity index is 2.30. The van der Waals surface area contributed by atoms with Gasteiger partial charge in [0.15, 0.2) is 15.6 Å². The van der Waals surface area contributed by atoms with Crippen molar-refractivity contribution in [1.82, 2.24) is 9.97 Å². The van der Waals surface area contributed by atoms with E-state index in [1.165, 1.54) is 0 Å². The number of carbonyl (C=O) groups excluding carboxylic acids is 1. The maximum Gasteiger partial charge on any atom is 0.194 e. The van der Waals surface area contributed by atoms with Gasteiger partial charge in [0.1, 0.15) is 5.75 Å². The van der Waals surface area contributed by atoms with Gasteiger partial charge < -0.3 is 4.98 Å². The molecule has 2 aromatic heterocycles. The van der Waals surface area contributed by atoms with Gasteiger partial charge in [-0.1, -0.05) is 11.6 Å². The summed E-state index contributed by atoms with van der Waals surface area (Å²) in [6.45, 7) is 0. The van der Waals surface area contributed by atoms with Gasteiger partial charge in [0.25, 0.3) is 0 Å². The summed E-state index contributed by atoms with van der Waals surface area (Å²) in [5.74, 6) is -1.06. The number of pyridine rings is 1. The van der Waals surface area contributed by atoms with E-state index in [1.807, 2.05) is 0 Å².